The number of benzene rings is 2. The summed E-state index contributed by atoms with van der Waals surface area (Å²) in [6.45, 7) is 1.39. The van der Waals surface area contributed by atoms with Crippen molar-refractivity contribution in [1.29, 1.82) is 0 Å². The lowest BCUT2D eigenvalue weighted by Crippen LogP contribution is -1.95. The number of nitrogens with zero attached hydrogens (tertiary/aromatic N) is 1. The first-order chi connectivity index (χ1) is 9.88. The zero-order chi connectivity index (χ0) is 15.6. The van der Waals surface area contributed by atoms with E-state index in [0.717, 1.165) is 18.2 Å². The van der Waals surface area contributed by atoms with Crippen LogP contribution in [0.15, 0.2) is 36.4 Å². The predicted molar refractivity (Wildman–Crippen MR) is 74.6 cm³/mol. The Morgan fingerprint density at radius 2 is 1.90 bits per heavy atom. The van der Waals surface area contributed by atoms with Gasteiger partial charge in [-0.1, -0.05) is 11.6 Å². The van der Waals surface area contributed by atoms with Gasteiger partial charge in [0.2, 0.25) is 0 Å². The summed E-state index contributed by atoms with van der Waals surface area (Å²) in [4.78, 5) is 21.0. The van der Waals surface area contributed by atoms with Crippen LogP contribution in [0.1, 0.15) is 17.3 Å². The van der Waals surface area contributed by atoms with Crippen molar-refractivity contribution >= 4 is 23.1 Å². The molecule has 0 heterocycles. The second-order valence-electron chi connectivity index (χ2n) is 4.18. The molecule has 0 spiro atoms. The van der Waals surface area contributed by atoms with Crippen LogP contribution in [0.3, 0.4) is 0 Å². The van der Waals surface area contributed by atoms with Crippen LogP contribution in [-0.4, -0.2) is 10.7 Å². The Balaban J connectivity index is 2.30. The van der Waals surface area contributed by atoms with E-state index in [0.29, 0.717) is 5.56 Å². The average Bonchev–Trinajstić information content (AvgIpc) is 2.42. The molecule has 5 nitrogen and oxygen atoms in total. The molecular weight excluding hydrogens is 301 g/mol. The maximum atomic E-state index is 13.7. The minimum atomic E-state index is -0.879. The lowest BCUT2D eigenvalue weighted by atomic mass is 10.1. The molecule has 2 rings (SSSR count). The van der Waals surface area contributed by atoms with E-state index in [1.165, 1.54) is 25.1 Å². The Kier molecular flexibility index (Phi) is 4.18. The lowest BCUT2D eigenvalue weighted by Gasteiger charge is -2.09. The standard InChI is InChI=1S/C14H9ClFNO4/c1-8(18)9-2-4-13(11(15)6-9)21-14-5-3-10(17(19)20)7-12(14)16/h2-7H,1H3. The van der Waals surface area contributed by atoms with Crippen LogP contribution in [0.5, 0.6) is 11.5 Å². The molecule has 7 heteroatoms. The molecule has 0 aliphatic carbocycles. The van der Waals surface area contributed by atoms with E-state index in [1.54, 1.807) is 0 Å². The molecule has 2 aromatic carbocycles. The minimum absolute atomic E-state index is 0.139. The van der Waals surface area contributed by atoms with Crippen molar-refractivity contribution in [3.63, 3.8) is 0 Å². The predicted octanol–water partition coefficient (Wildman–Crippen LogP) is 4.38. The Morgan fingerprint density at radius 3 is 2.43 bits per heavy atom. The molecule has 0 saturated carbocycles. The summed E-state index contributed by atoms with van der Waals surface area (Å²) in [6.07, 6.45) is 0. The zero-order valence-corrected chi connectivity index (χ0v) is 11.6. The summed E-state index contributed by atoms with van der Waals surface area (Å²) in [5, 5.41) is 10.7. The number of nitro benzene ring substituents is 1. The maximum Gasteiger partial charge on any atom is 0.272 e. The molecule has 0 atom stereocenters. The van der Waals surface area contributed by atoms with Crippen molar-refractivity contribution in [3.05, 3.63) is 62.9 Å². The molecule has 0 radical (unpaired) electrons. The third kappa shape index (κ3) is 3.35. The molecule has 21 heavy (non-hydrogen) atoms. The third-order valence-corrected chi connectivity index (χ3v) is 2.98. The second-order valence-corrected chi connectivity index (χ2v) is 4.58. The van der Waals surface area contributed by atoms with E-state index in [2.05, 4.69) is 0 Å². The van der Waals surface area contributed by atoms with Crippen LogP contribution < -0.4 is 4.74 Å². The second kappa shape index (κ2) is 5.88. The highest BCUT2D eigenvalue weighted by Crippen LogP contribution is 2.32. The number of rotatable bonds is 4. The topological polar surface area (TPSA) is 69.4 Å². The average molecular weight is 310 g/mol. The van der Waals surface area contributed by atoms with Crippen molar-refractivity contribution in [1.82, 2.24) is 0 Å². The number of hydrogen-bond donors (Lipinski definition) is 0. The Hall–Kier alpha value is -2.47. The van der Waals surface area contributed by atoms with Crippen molar-refractivity contribution in [3.8, 4) is 11.5 Å². The number of carbonyl (C=O) groups excluding carboxylic acids is 1. The van der Waals surface area contributed by atoms with Gasteiger partial charge in [-0.05, 0) is 31.2 Å². The van der Waals surface area contributed by atoms with E-state index in [-0.39, 0.29) is 28.0 Å². The number of carbonyl (C=O) groups is 1. The minimum Gasteiger partial charge on any atom is -0.453 e. The summed E-state index contributed by atoms with van der Waals surface area (Å²) in [5.41, 5.74) is 0.0226. The maximum absolute atomic E-state index is 13.7. The van der Waals surface area contributed by atoms with Gasteiger partial charge in [0.1, 0.15) is 5.75 Å². The molecule has 0 saturated heterocycles. The molecule has 0 N–H and O–H groups in total. The quantitative estimate of drug-likeness (QED) is 0.477. The van der Waals surface area contributed by atoms with Gasteiger partial charge in [-0.2, -0.15) is 0 Å². The number of ketones is 1. The summed E-state index contributed by atoms with van der Waals surface area (Å²) in [5.74, 6) is -1.09. The molecule has 0 unspecified atom stereocenters. The molecule has 0 amide bonds. The molecule has 0 bridgehead atoms. The van der Waals surface area contributed by atoms with Crippen LogP contribution in [0.2, 0.25) is 5.02 Å². The van der Waals surface area contributed by atoms with Crippen LogP contribution in [0, 0.1) is 15.9 Å². The summed E-state index contributed by atoms with van der Waals surface area (Å²) in [6, 6.07) is 7.35. The third-order valence-electron chi connectivity index (χ3n) is 2.68. The Morgan fingerprint density at radius 1 is 1.24 bits per heavy atom. The number of non-ortho nitro benzene ring substituents is 1. The number of hydrogen-bond acceptors (Lipinski definition) is 4. The number of nitro groups is 1. The molecule has 108 valence electrons. The summed E-state index contributed by atoms with van der Waals surface area (Å²) in [7, 11) is 0. The molecule has 0 aromatic heterocycles. The summed E-state index contributed by atoms with van der Waals surface area (Å²) < 4.78 is 19.0. The molecule has 2 aromatic rings. The van der Waals surface area contributed by atoms with E-state index >= 15 is 0 Å². The van der Waals surface area contributed by atoms with E-state index in [9.17, 15) is 19.3 Å². The van der Waals surface area contributed by atoms with Gasteiger partial charge in [0, 0.05) is 11.6 Å². The van der Waals surface area contributed by atoms with Gasteiger partial charge in [-0.25, -0.2) is 4.39 Å². The first-order valence-electron chi connectivity index (χ1n) is 5.81. The largest absolute Gasteiger partial charge is 0.453 e. The number of Topliss-reactive ketones (excluding diaryl/α,β-unsaturated/α-hetero) is 1. The van der Waals surface area contributed by atoms with Crippen molar-refractivity contribution < 1.29 is 18.8 Å². The van der Waals surface area contributed by atoms with Crippen LogP contribution in [0.4, 0.5) is 10.1 Å². The fourth-order valence-electron chi connectivity index (χ4n) is 1.61. The van der Waals surface area contributed by atoms with Crippen molar-refractivity contribution in [2.24, 2.45) is 0 Å². The number of halogens is 2. The van der Waals surface area contributed by atoms with Gasteiger partial charge in [-0.15, -0.1) is 0 Å². The van der Waals surface area contributed by atoms with Crippen LogP contribution in [0.25, 0.3) is 0 Å². The first-order valence-corrected chi connectivity index (χ1v) is 6.18. The van der Waals surface area contributed by atoms with Crippen LogP contribution in [-0.2, 0) is 0 Å². The van der Waals surface area contributed by atoms with Gasteiger partial charge in [0.25, 0.3) is 5.69 Å². The van der Waals surface area contributed by atoms with E-state index in [1.807, 2.05) is 0 Å². The SMILES string of the molecule is CC(=O)c1ccc(Oc2ccc([N+](=O)[O-])cc2F)c(Cl)c1. The first kappa shape index (κ1) is 14.9. The fraction of sp³-hybridized carbons (Fsp3) is 0.0714. The highest BCUT2D eigenvalue weighted by atomic mass is 35.5. The van der Waals surface area contributed by atoms with Gasteiger partial charge >= 0.3 is 0 Å². The molecule has 0 aliphatic rings. The zero-order valence-electron chi connectivity index (χ0n) is 10.8. The molecule has 0 aliphatic heterocycles. The van der Waals surface area contributed by atoms with Crippen LogP contribution >= 0.6 is 11.6 Å². The molecular formula is C14H9ClFNO4. The number of ether oxygens (including phenoxy) is 1. The summed E-state index contributed by atoms with van der Waals surface area (Å²) >= 11 is 5.95. The van der Waals surface area contributed by atoms with E-state index in [4.69, 9.17) is 16.3 Å². The smallest absolute Gasteiger partial charge is 0.272 e. The Labute approximate surface area is 124 Å². The molecule has 0 fully saturated rings. The van der Waals surface area contributed by atoms with Gasteiger partial charge in [-0.3, -0.25) is 14.9 Å². The highest BCUT2D eigenvalue weighted by molar-refractivity contribution is 6.32. The van der Waals surface area contributed by atoms with Gasteiger partial charge < -0.3 is 4.74 Å². The monoisotopic (exact) mass is 309 g/mol. The lowest BCUT2D eigenvalue weighted by molar-refractivity contribution is -0.385. The van der Waals surface area contributed by atoms with Crippen molar-refractivity contribution in [2.45, 2.75) is 6.92 Å². The van der Waals surface area contributed by atoms with E-state index < -0.39 is 10.7 Å². The normalized spacial score (nSPS) is 10.2. The highest BCUT2D eigenvalue weighted by Gasteiger charge is 2.14. The fourth-order valence-corrected chi connectivity index (χ4v) is 1.83. The van der Waals surface area contributed by atoms with Gasteiger partial charge in [0.05, 0.1) is 16.0 Å². The Bertz CT molecular complexity index is 671. The van der Waals surface area contributed by atoms with Gasteiger partial charge in [0.15, 0.2) is 17.3 Å². The van der Waals surface area contributed by atoms with Crippen molar-refractivity contribution in [2.75, 3.05) is 0 Å².